The molecule has 3 unspecified atom stereocenters. The lowest BCUT2D eigenvalue weighted by molar-refractivity contribution is -0.140. The average Bonchev–Trinajstić information content (AvgIpc) is 2.74. The largest absolute Gasteiger partial charge is 0.481 e. The van der Waals surface area contributed by atoms with E-state index >= 15 is 0 Å². The molecular weight excluding hydrogens is 458 g/mol. The second-order valence-corrected chi connectivity index (χ2v) is 7.15. The fourth-order valence-electron chi connectivity index (χ4n) is 2.56. The van der Waals surface area contributed by atoms with E-state index in [4.69, 9.17) is 32.5 Å². The Labute approximate surface area is 194 Å². The van der Waals surface area contributed by atoms with E-state index in [0.29, 0.717) is 0 Å². The quantitative estimate of drug-likeness (QED) is 0.0541. The lowest BCUT2D eigenvalue weighted by Gasteiger charge is -2.23. The third-order valence-electron chi connectivity index (χ3n) is 4.28. The van der Waals surface area contributed by atoms with E-state index in [-0.39, 0.29) is 44.6 Å². The molecule has 16 heteroatoms. The van der Waals surface area contributed by atoms with Gasteiger partial charge < -0.3 is 48.5 Å². The first-order valence-corrected chi connectivity index (χ1v) is 10.2. The van der Waals surface area contributed by atoms with Gasteiger partial charge in [-0.1, -0.05) is 0 Å². The molecule has 12 N–H and O–H groups in total. The lowest BCUT2D eigenvalue weighted by Crippen LogP contribution is -2.56. The van der Waals surface area contributed by atoms with Crippen LogP contribution in [0.25, 0.3) is 0 Å². The highest BCUT2D eigenvalue weighted by Crippen LogP contribution is 2.05. The minimum Gasteiger partial charge on any atom is -0.481 e. The number of aliphatic imine (C=N–C) groups is 1. The standard InChI is InChI=1S/C18H31N7O9/c19-9(3-5-12(26)27)15(32)24-10(2-1-7-22-18(20)21)17(34)25-11(4-6-13(28)29)16(33)23-8-14(30)31/h9-11H,1-8,19H2,(H,23,33)(H,24,32)(H,25,34)(H,26,27)(H,28,29)(H,30,31)(H4,20,21,22). The number of hydrogen-bond donors (Lipinski definition) is 9. The fraction of sp³-hybridized carbons (Fsp3) is 0.611. The van der Waals surface area contributed by atoms with Crippen LogP contribution in [0.5, 0.6) is 0 Å². The van der Waals surface area contributed by atoms with Crippen LogP contribution < -0.4 is 33.2 Å². The van der Waals surface area contributed by atoms with E-state index in [1.54, 1.807) is 0 Å². The van der Waals surface area contributed by atoms with Gasteiger partial charge in [0.05, 0.1) is 6.04 Å². The van der Waals surface area contributed by atoms with Gasteiger partial charge >= 0.3 is 17.9 Å². The maximum absolute atomic E-state index is 12.8. The normalized spacial score (nSPS) is 13.0. The van der Waals surface area contributed by atoms with Gasteiger partial charge in [-0.15, -0.1) is 0 Å². The van der Waals surface area contributed by atoms with Gasteiger partial charge in [-0.2, -0.15) is 0 Å². The van der Waals surface area contributed by atoms with Crippen LogP contribution in [0.3, 0.4) is 0 Å². The molecule has 0 spiro atoms. The summed E-state index contributed by atoms with van der Waals surface area (Å²) >= 11 is 0. The van der Waals surface area contributed by atoms with Gasteiger partial charge in [-0.3, -0.25) is 33.8 Å². The van der Waals surface area contributed by atoms with Gasteiger partial charge in [0, 0.05) is 19.4 Å². The summed E-state index contributed by atoms with van der Waals surface area (Å²) < 4.78 is 0. The Hall–Kier alpha value is -3.95. The number of nitrogens with one attached hydrogen (secondary N) is 3. The molecule has 0 aliphatic heterocycles. The molecule has 0 aromatic carbocycles. The molecule has 0 rings (SSSR count). The number of amides is 3. The van der Waals surface area contributed by atoms with Crippen LogP contribution in [0.2, 0.25) is 0 Å². The van der Waals surface area contributed by atoms with Crippen molar-refractivity contribution in [3.8, 4) is 0 Å². The Balaban J connectivity index is 5.41. The summed E-state index contributed by atoms with van der Waals surface area (Å²) in [4.78, 5) is 73.4. The highest BCUT2D eigenvalue weighted by Gasteiger charge is 2.28. The Bertz CT molecular complexity index is 784. The van der Waals surface area contributed by atoms with Crippen LogP contribution in [-0.2, 0) is 28.8 Å². The van der Waals surface area contributed by atoms with Gasteiger partial charge in [-0.05, 0) is 25.7 Å². The molecule has 192 valence electrons. The number of carboxylic acid groups (broad SMARTS) is 3. The number of guanidine groups is 1. The molecule has 0 aromatic rings. The van der Waals surface area contributed by atoms with Crippen LogP contribution in [-0.4, -0.2) is 88.1 Å². The highest BCUT2D eigenvalue weighted by atomic mass is 16.4. The third-order valence-corrected chi connectivity index (χ3v) is 4.28. The third kappa shape index (κ3) is 14.2. The van der Waals surface area contributed by atoms with E-state index in [2.05, 4.69) is 15.6 Å². The monoisotopic (exact) mass is 489 g/mol. The Morgan fingerprint density at radius 1 is 0.735 bits per heavy atom. The molecule has 0 bridgehead atoms. The lowest BCUT2D eigenvalue weighted by atomic mass is 10.1. The van der Waals surface area contributed by atoms with Crippen LogP contribution >= 0.6 is 0 Å². The Morgan fingerprint density at radius 2 is 1.26 bits per heavy atom. The molecule has 3 atom stereocenters. The molecule has 0 heterocycles. The van der Waals surface area contributed by atoms with Crippen LogP contribution in [0.15, 0.2) is 4.99 Å². The molecule has 16 nitrogen and oxygen atoms in total. The number of nitrogens with zero attached hydrogens (tertiary/aromatic N) is 1. The molecule has 0 saturated carbocycles. The average molecular weight is 489 g/mol. The van der Waals surface area contributed by atoms with Crippen molar-refractivity contribution >= 4 is 41.6 Å². The number of hydrogen-bond acceptors (Lipinski definition) is 8. The molecule has 0 radical (unpaired) electrons. The Kier molecular flexibility index (Phi) is 14.0. The second kappa shape index (κ2) is 15.8. The van der Waals surface area contributed by atoms with Crippen molar-refractivity contribution in [2.24, 2.45) is 22.2 Å². The summed E-state index contributed by atoms with van der Waals surface area (Å²) in [6.07, 6.45) is -1.22. The topological polar surface area (TPSA) is 290 Å². The van der Waals surface area contributed by atoms with Gasteiger partial charge in [0.15, 0.2) is 5.96 Å². The highest BCUT2D eigenvalue weighted by molar-refractivity contribution is 5.94. The summed E-state index contributed by atoms with van der Waals surface area (Å²) in [5.41, 5.74) is 16.1. The smallest absolute Gasteiger partial charge is 0.322 e. The van der Waals surface area contributed by atoms with Gasteiger partial charge in [0.2, 0.25) is 17.7 Å². The van der Waals surface area contributed by atoms with E-state index in [9.17, 15) is 28.8 Å². The molecule has 34 heavy (non-hydrogen) atoms. The van der Waals surface area contributed by atoms with Crippen molar-refractivity contribution in [2.45, 2.75) is 56.7 Å². The van der Waals surface area contributed by atoms with E-state index in [0.717, 1.165) is 0 Å². The predicted molar refractivity (Wildman–Crippen MR) is 116 cm³/mol. The second-order valence-electron chi connectivity index (χ2n) is 7.15. The van der Waals surface area contributed by atoms with E-state index in [1.165, 1.54) is 0 Å². The maximum atomic E-state index is 12.8. The number of aliphatic carboxylic acids is 3. The SMILES string of the molecule is NC(N)=NCCCC(NC(=O)C(N)CCC(=O)O)C(=O)NC(CCC(=O)O)C(=O)NCC(=O)O. The van der Waals surface area contributed by atoms with Crippen molar-refractivity contribution in [2.75, 3.05) is 13.1 Å². The van der Waals surface area contributed by atoms with E-state index in [1.807, 2.05) is 5.32 Å². The molecular formula is C18H31N7O9. The summed E-state index contributed by atoms with van der Waals surface area (Å²) in [5, 5.41) is 33.0. The predicted octanol–water partition coefficient (Wildman–Crippen LogP) is -3.73. The zero-order chi connectivity index (χ0) is 26.3. The van der Waals surface area contributed by atoms with Crippen LogP contribution in [0.4, 0.5) is 0 Å². The van der Waals surface area contributed by atoms with Crippen molar-refractivity contribution in [1.29, 1.82) is 0 Å². The molecule has 0 fully saturated rings. The van der Waals surface area contributed by atoms with Gasteiger partial charge in [0.25, 0.3) is 0 Å². The summed E-state index contributed by atoms with van der Waals surface area (Å²) in [7, 11) is 0. The number of carbonyl (C=O) groups excluding carboxylic acids is 3. The van der Waals surface area contributed by atoms with E-state index < -0.39 is 66.7 Å². The number of carboxylic acids is 3. The van der Waals surface area contributed by atoms with Crippen LogP contribution in [0, 0.1) is 0 Å². The minimum atomic E-state index is -1.40. The van der Waals surface area contributed by atoms with Gasteiger partial charge in [-0.25, -0.2) is 0 Å². The molecule has 0 aromatic heterocycles. The fourth-order valence-corrected chi connectivity index (χ4v) is 2.56. The van der Waals surface area contributed by atoms with Crippen LogP contribution in [0.1, 0.15) is 38.5 Å². The van der Waals surface area contributed by atoms with Crippen molar-refractivity contribution < 1.29 is 44.1 Å². The summed E-state index contributed by atoms with van der Waals surface area (Å²) in [6, 6.07) is -3.89. The zero-order valence-electron chi connectivity index (χ0n) is 18.4. The first-order chi connectivity index (χ1) is 15.8. The maximum Gasteiger partial charge on any atom is 0.322 e. The van der Waals surface area contributed by atoms with Crippen molar-refractivity contribution in [3.05, 3.63) is 0 Å². The molecule has 3 amide bonds. The first-order valence-electron chi connectivity index (χ1n) is 10.2. The minimum absolute atomic E-state index is 0.0115. The molecule has 0 aliphatic rings. The first kappa shape index (κ1) is 30.1. The van der Waals surface area contributed by atoms with Gasteiger partial charge in [0.1, 0.15) is 18.6 Å². The molecule has 0 aliphatic carbocycles. The van der Waals surface area contributed by atoms with Crippen molar-refractivity contribution in [1.82, 2.24) is 16.0 Å². The number of rotatable bonds is 17. The summed E-state index contributed by atoms with van der Waals surface area (Å²) in [5.74, 6) is -6.58. The van der Waals surface area contributed by atoms with Crippen molar-refractivity contribution in [3.63, 3.8) is 0 Å². The molecule has 0 saturated heterocycles. The zero-order valence-corrected chi connectivity index (χ0v) is 18.4. The Morgan fingerprint density at radius 3 is 1.79 bits per heavy atom. The number of carbonyl (C=O) groups is 6. The number of nitrogens with two attached hydrogens (primary N) is 3. The summed E-state index contributed by atoms with van der Waals surface area (Å²) in [6.45, 7) is -0.649.